The number of nitrogens with two attached hydrogens (primary N) is 1. The Kier molecular flexibility index (Phi) is 2.59. The highest BCUT2D eigenvalue weighted by molar-refractivity contribution is 5.67. The standard InChI is InChI=1S/C12H15N7/c1-8-5-10-12(14-3-4-19(10)17-8)15-6-9-7-16-18(2)11(9)13/h3-5,7H,6,13H2,1-2H3,(H,14,15). The van der Waals surface area contributed by atoms with Gasteiger partial charge in [-0.15, -0.1) is 0 Å². The number of fused-ring (bicyclic) bond motifs is 1. The fraction of sp³-hybridized carbons (Fsp3) is 0.250. The van der Waals surface area contributed by atoms with Crippen LogP contribution in [0.15, 0.2) is 24.7 Å². The Hall–Kier alpha value is -2.57. The summed E-state index contributed by atoms with van der Waals surface area (Å²) in [6.45, 7) is 2.53. The van der Waals surface area contributed by atoms with Gasteiger partial charge in [-0.2, -0.15) is 10.2 Å². The number of aromatic nitrogens is 5. The second kappa shape index (κ2) is 4.27. The minimum absolute atomic E-state index is 0.580. The molecule has 98 valence electrons. The van der Waals surface area contributed by atoms with Gasteiger partial charge < -0.3 is 11.1 Å². The zero-order chi connectivity index (χ0) is 13.4. The van der Waals surface area contributed by atoms with Gasteiger partial charge in [0.2, 0.25) is 0 Å². The highest BCUT2D eigenvalue weighted by Crippen LogP contribution is 2.17. The molecule has 0 unspecified atom stereocenters. The zero-order valence-corrected chi connectivity index (χ0v) is 10.8. The minimum atomic E-state index is 0.580. The van der Waals surface area contributed by atoms with Gasteiger partial charge in [-0.25, -0.2) is 9.50 Å². The van der Waals surface area contributed by atoms with Crippen LogP contribution in [0.4, 0.5) is 11.6 Å². The monoisotopic (exact) mass is 257 g/mol. The van der Waals surface area contributed by atoms with E-state index in [0.717, 1.165) is 22.6 Å². The summed E-state index contributed by atoms with van der Waals surface area (Å²) in [5.41, 5.74) is 8.76. The molecule has 0 saturated carbocycles. The third-order valence-corrected chi connectivity index (χ3v) is 3.02. The molecule has 3 rings (SSSR count). The molecule has 0 aromatic carbocycles. The van der Waals surface area contributed by atoms with Crippen molar-refractivity contribution in [3.05, 3.63) is 35.9 Å². The van der Waals surface area contributed by atoms with E-state index in [1.54, 1.807) is 21.6 Å². The number of hydrogen-bond acceptors (Lipinski definition) is 5. The first-order chi connectivity index (χ1) is 9.15. The molecule has 0 atom stereocenters. The number of anilines is 2. The van der Waals surface area contributed by atoms with Crippen LogP contribution in [0.2, 0.25) is 0 Å². The topological polar surface area (TPSA) is 86.1 Å². The normalized spacial score (nSPS) is 11.1. The van der Waals surface area contributed by atoms with Crippen LogP contribution in [0.5, 0.6) is 0 Å². The average molecular weight is 257 g/mol. The third kappa shape index (κ3) is 1.99. The SMILES string of the molecule is Cc1cc2c(NCc3cnn(C)c3N)nccn2n1. The van der Waals surface area contributed by atoms with Gasteiger partial charge in [0.1, 0.15) is 11.3 Å². The predicted octanol–water partition coefficient (Wildman–Crippen LogP) is 0.966. The number of hydrogen-bond donors (Lipinski definition) is 2. The molecular formula is C12H15N7. The summed E-state index contributed by atoms with van der Waals surface area (Å²) in [7, 11) is 1.82. The maximum absolute atomic E-state index is 5.91. The number of nitrogens with zero attached hydrogens (tertiary/aromatic N) is 5. The lowest BCUT2D eigenvalue weighted by molar-refractivity contribution is 0.778. The number of rotatable bonds is 3. The van der Waals surface area contributed by atoms with E-state index in [1.807, 2.05) is 26.2 Å². The first kappa shape index (κ1) is 11.5. The van der Waals surface area contributed by atoms with Gasteiger partial charge >= 0.3 is 0 Å². The van der Waals surface area contributed by atoms with Crippen LogP contribution in [-0.4, -0.2) is 24.4 Å². The molecule has 0 bridgehead atoms. The Balaban J connectivity index is 1.87. The molecule has 0 radical (unpaired) electrons. The Morgan fingerprint density at radius 3 is 3.00 bits per heavy atom. The van der Waals surface area contributed by atoms with Gasteiger partial charge in [0, 0.05) is 31.5 Å². The predicted molar refractivity (Wildman–Crippen MR) is 72.7 cm³/mol. The Morgan fingerprint density at radius 2 is 2.26 bits per heavy atom. The van der Waals surface area contributed by atoms with Gasteiger partial charge in [-0.1, -0.05) is 0 Å². The van der Waals surface area contributed by atoms with Crippen molar-refractivity contribution < 1.29 is 0 Å². The van der Waals surface area contributed by atoms with Crippen LogP contribution in [-0.2, 0) is 13.6 Å². The van der Waals surface area contributed by atoms with Crippen molar-refractivity contribution in [1.29, 1.82) is 0 Å². The average Bonchev–Trinajstić information content (AvgIpc) is 2.91. The van der Waals surface area contributed by atoms with Crippen LogP contribution < -0.4 is 11.1 Å². The first-order valence-electron chi connectivity index (χ1n) is 5.96. The molecule has 0 aliphatic rings. The highest BCUT2D eigenvalue weighted by Gasteiger charge is 2.08. The lowest BCUT2D eigenvalue weighted by Crippen LogP contribution is -2.06. The number of aryl methyl sites for hydroxylation is 2. The fourth-order valence-corrected chi connectivity index (χ4v) is 1.99. The Bertz CT molecular complexity index is 725. The lowest BCUT2D eigenvalue weighted by atomic mass is 10.3. The Labute approximate surface area is 110 Å². The van der Waals surface area contributed by atoms with E-state index in [1.165, 1.54) is 0 Å². The molecule has 7 heteroatoms. The van der Waals surface area contributed by atoms with Crippen LogP contribution in [0.25, 0.3) is 5.52 Å². The van der Waals surface area contributed by atoms with Crippen LogP contribution in [0, 0.1) is 6.92 Å². The number of nitrogen functional groups attached to an aromatic ring is 1. The molecule has 3 heterocycles. The van der Waals surface area contributed by atoms with E-state index in [-0.39, 0.29) is 0 Å². The van der Waals surface area contributed by atoms with Crippen molar-refractivity contribution in [1.82, 2.24) is 24.4 Å². The van der Waals surface area contributed by atoms with E-state index >= 15 is 0 Å². The van der Waals surface area contributed by atoms with Gasteiger partial charge in [-0.3, -0.25) is 4.68 Å². The van der Waals surface area contributed by atoms with Gasteiger partial charge in [0.15, 0.2) is 5.82 Å². The van der Waals surface area contributed by atoms with Crippen molar-refractivity contribution in [2.45, 2.75) is 13.5 Å². The second-order valence-electron chi connectivity index (χ2n) is 4.42. The molecule has 7 nitrogen and oxygen atoms in total. The fourth-order valence-electron chi connectivity index (χ4n) is 1.99. The molecular weight excluding hydrogens is 242 g/mol. The summed E-state index contributed by atoms with van der Waals surface area (Å²) >= 11 is 0. The molecule has 0 saturated heterocycles. The largest absolute Gasteiger partial charge is 0.384 e. The molecule has 3 aromatic heterocycles. The second-order valence-corrected chi connectivity index (χ2v) is 4.42. The summed E-state index contributed by atoms with van der Waals surface area (Å²) < 4.78 is 3.45. The smallest absolute Gasteiger partial charge is 0.152 e. The maximum atomic E-state index is 5.91. The van der Waals surface area contributed by atoms with Crippen LogP contribution >= 0.6 is 0 Å². The number of nitrogens with one attached hydrogen (secondary N) is 1. The van der Waals surface area contributed by atoms with E-state index in [0.29, 0.717) is 12.4 Å². The van der Waals surface area contributed by atoms with Crippen molar-refractivity contribution in [2.24, 2.45) is 7.05 Å². The van der Waals surface area contributed by atoms with E-state index in [9.17, 15) is 0 Å². The lowest BCUT2D eigenvalue weighted by Gasteiger charge is -2.06. The molecule has 3 N–H and O–H groups in total. The summed E-state index contributed by atoms with van der Waals surface area (Å²) in [5, 5.41) is 11.7. The van der Waals surface area contributed by atoms with Gasteiger partial charge in [0.05, 0.1) is 11.9 Å². The summed E-state index contributed by atoms with van der Waals surface area (Å²) in [6, 6.07) is 1.99. The quantitative estimate of drug-likeness (QED) is 0.730. The molecule has 0 aliphatic carbocycles. The zero-order valence-electron chi connectivity index (χ0n) is 10.8. The van der Waals surface area contributed by atoms with E-state index in [4.69, 9.17) is 5.73 Å². The molecule has 0 aliphatic heterocycles. The minimum Gasteiger partial charge on any atom is -0.384 e. The van der Waals surface area contributed by atoms with Gasteiger partial charge in [0.25, 0.3) is 0 Å². The molecule has 0 amide bonds. The summed E-state index contributed by atoms with van der Waals surface area (Å²) in [6.07, 6.45) is 5.30. The van der Waals surface area contributed by atoms with Crippen molar-refractivity contribution in [3.8, 4) is 0 Å². The molecule has 0 fully saturated rings. The third-order valence-electron chi connectivity index (χ3n) is 3.02. The van der Waals surface area contributed by atoms with E-state index in [2.05, 4.69) is 20.5 Å². The molecule has 3 aromatic rings. The summed E-state index contributed by atoms with van der Waals surface area (Å²) in [5.74, 6) is 1.44. The van der Waals surface area contributed by atoms with Gasteiger partial charge in [-0.05, 0) is 13.0 Å². The van der Waals surface area contributed by atoms with Crippen LogP contribution in [0.3, 0.4) is 0 Å². The van der Waals surface area contributed by atoms with Crippen LogP contribution in [0.1, 0.15) is 11.3 Å². The Morgan fingerprint density at radius 1 is 1.42 bits per heavy atom. The van der Waals surface area contributed by atoms with Crippen molar-refractivity contribution in [3.63, 3.8) is 0 Å². The van der Waals surface area contributed by atoms with E-state index < -0.39 is 0 Å². The first-order valence-corrected chi connectivity index (χ1v) is 5.96. The molecule has 19 heavy (non-hydrogen) atoms. The summed E-state index contributed by atoms with van der Waals surface area (Å²) in [4.78, 5) is 4.33. The van der Waals surface area contributed by atoms with Crippen molar-refractivity contribution in [2.75, 3.05) is 11.1 Å². The van der Waals surface area contributed by atoms with Crippen molar-refractivity contribution >= 4 is 17.2 Å². The maximum Gasteiger partial charge on any atom is 0.152 e. The highest BCUT2D eigenvalue weighted by atomic mass is 15.3. The molecule has 0 spiro atoms.